The third-order valence-corrected chi connectivity index (χ3v) is 3.37. The minimum Gasteiger partial charge on any atom is -0.434 e. The molecule has 0 unspecified atom stereocenters. The summed E-state index contributed by atoms with van der Waals surface area (Å²) in [5.41, 5.74) is 0. The lowest BCUT2D eigenvalue weighted by atomic mass is 10.3. The van der Waals surface area contributed by atoms with Gasteiger partial charge in [-0.2, -0.15) is 8.78 Å². The first-order valence-electron chi connectivity index (χ1n) is 3.10. The fourth-order valence-electron chi connectivity index (χ4n) is 0.714. The summed E-state index contributed by atoms with van der Waals surface area (Å²) in [7, 11) is 0. The quantitative estimate of drug-likeness (QED) is 0.724. The van der Waals surface area contributed by atoms with Crippen molar-refractivity contribution in [2.24, 2.45) is 0 Å². The van der Waals surface area contributed by atoms with Gasteiger partial charge < -0.3 is 4.74 Å². The maximum absolute atomic E-state index is 11.9. The molecule has 0 radical (unpaired) electrons. The van der Waals surface area contributed by atoms with E-state index >= 15 is 0 Å². The minimum absolute atomic E-state index is 0.00868. The van der Waals surface area contributed by atoms with Crippen LogP contribution in [0.25, 0.3) is 0 Å². The van der Waals surface area contributed by atoms with Crippen LogP contribution in [-0.2, 0) is 0 Å². The second-order valence-electron chi connectivity index (χ2n) is 2.08. The molecule has 0 aliphatic heterocycles. The van der Waals surface area contributed by atoms with Crippen molar-refractivity contribution < 1.29 is 13.5 Å². The zero-order valence-electron chi connectivity index (χ0n) is 6.03. The van der Waals surface area contributed by atoms with Gasteiger partial charge in [0.05, 0.1) is 4.47 Å². The van der Waals surface area contributed by atoms with Crippen LogP contribution < -0.4 is 4.74 Å². The Balaban J connectivity index is 3.05. The first-order valence-corrected chi connectivity index (χ1v) is 5.06. The van der Waals surface area contributed by atoms with Crippen LogP contribution in [0.4, 0.5) is 8.78 Å². The Morgan fingerprint density at radius 2 is 1.92 bits per heavy atom. The van der Waals surface area contributed by atoms with E-state index in [9.17, 15) is 8.78 Å². The van der Waals surface area contributed by atoms with E-state index in [0.717, 1.165) is 0 Å². The Bertz CT molecular complexity index is 320. The van der Waals surface area contributed by atoms with Gasteiger partial charge in [0.25, 0.3) is 0 Å². The van der Waals surface area contributed by atoms with Gasteiger partial charge in [-0.1, -0.05) is 11.6 Å². The van der Waals surface area contributed by atoms with Gasteiger partial charge in [-0.15, -0.1) is 0 Å². The predicted octanol–water partition coefficient (Wildman–Crippen LogP) is 4.47. The van der Waals surface area contributed by atoms with Crippen molar-refractivity contribution in [3.8, 4) is 5.75 Å². The van der Waals surface area contributed by atoms with Crippen molar-refractivity contribution in [2.75, 3.05) is 0 Å². The van der Waals surface area contributed by atoms with Crippen LogP contribution in [0.2, 0.25) is 5.02 Å². The van der Waals surface area contributed by atoms with Gasteiger partial charge in [0.2, 0.25) is 0 Å². The highest BCUT2D eigenvalue weighted by atomic mass is 79.9. The summed E-state index contributed by atoms with van der Waals surface area (Å²) < 4.78 is 28.9. The van der Waals surface area contributed by atoms with E-state index in [1.165, 1.54) is 6.07 Å². The van der Waals surface area contributed by atoms with Gasteiger partial charge in [-0.3, -0.25) is 0 Å². The van der Waals surface area contributed by atoms with E-state index < -0.39 is 6.61 Å². The Hall–Kier alpha value is 0.130. The molecular weight excluding hydrogens is 333 g/mol. The topological polar surface area (TPSA) is 9.23 Å². The molecule has 1 aromatic rings. The summed E-state index contributed by atoms with van der Waals surface area (Å²) in [6.07, 6.45) is 0. The van der Waals surface area contributed by atoms with Crippen molar-refractivity contribution in [1.82, 2.24) is 0 Å². The molecule has 0 saturated heterocycles. The zero-order valence-corrected chi connectivity index (χ0v) is 9.96. The zero-order chi connectivity index (χ0) is 10.0. The van der Waals surface area contributed by atoms with Crippen LogP contribution in [0, 0.1) is 0 Å². The number of rotatable bonds is 2. The molecular formula is C7H3Br2ClF2O. The normalized spacial score (nSPS) is 10.6. The van der Waals surface area contributed by atoms with Crippen molar-refractivity contribution in [3.05, 3.63) is 26.1 Å². The summed E-state index contributed by atoms with van der Waals surface area (Å²) in [5, 5.41) is 0.325. The van der Waals surface area contributed by atoms with Gasteiger partial charge in [0.15, 0.2) is 0 Å². The van der Waals surface area contributed by atoms with Crippen LogP contribution in [0.5, 0.6) is 5.75 Å². The highest BCUT2D eigenvalue weighted by Crippen LogP contribution is 2.36. The first kappa shape index (κ1) is 11.2. The van der Waals surface area contributed by atoms with Crippen LogP contribution in [0.3, 0.4) is 0 Å². The molecule has 0 spiro atoms. The first-order chi connectivity index (χ1) is 6.00. The minimum atomic E-state index is -2.86. The molecule has 0 heterocycles. The summed E-state index contributed by atoms with van der Waals surface area (Å²) in [5.74, 6) is 0.00868. The van der Waals surface area contributed by atoms with E-state index in [4.69, 9.17) is 11.6 Å². The largest absolute Gasteiger partial charge is 0.434 e. The Morgan fingerprint density at radius 3 is 2.46 bits per heavy atom. The molecule has 0 saturated carbocycles. The van der Waals surface area contributed by atoms with Crippen molar-refractivity contribution in [2.45, 2.75) is 6.61 Å². The maximum Gasteiger partial charge on any atom is 0.387 e. The molecule has 0 amide bonds. The standard InChI is InChI=1S/C7H3Br2ClF2O/c8-4-1-3(10)2-5(6(4)9)13-7(11)12/h1-2,7H. The molecule has 1 aromatic carbocycles. The molecule has 1 rings (SSSR count). The van der Waals surface area contributed by atoms with Crippen molar-refractivity contribution in [3.63, 3.8) is 0 Å². The number of hydrogen-bond acceptors (Lipinski definition) is 1. The van der Waals surface area contributed by atoms with E-state index in [1.54, 1.807) is 6.07 Å². The molecule has 13 heavy (non-hydrogen) atoms. The smallest absolute Gasteiger partial charge is 0.387 e. The van der Waals surface area contributed by atoms with E-state index in [1.807, 2.05) is 0 Å². The fourth-order valence-corrected chi connectivity index (χ4v) is 1.82. The summed E-state index contributed by atoms with van der Waals surface area (Å²) >= 11 is 11.8. The van der Waals surface area contributed by atoms with Crippen molar-refractivity contribution in [1.29, 1.82) is 0 Å². The van der Waals surface area contributed by atoms with E-state index in [-0.39, 0.29) is 5.75 Å². The fraction of sp³-hybridized carbons (Fsp3) is 0.143. The van der Waals surface area contributed by atoms with E-state index in [2.05, 4.69) is 36.6 Å². The molecule has 1 nitrogen and oxygen atoms in total. The molecule has 6 heteroatoms. The van der Waals surface area contributed by atoms with E-state index in [0.29, 0.717) is 14.0 Å². The highest BCUT2D eigenvalue weighted by molar-refractivity contribution is 9.13. The molecule has 0 aliphatic rings. The summed E-state index contributed by atoms with van der Waals surface area (Å²) in [4.78, 5) is 0. The number of halogens is 5. The second kappa shape index (κ2) is 4.57. The maximum atomic E-state index is 11.9. The lowest BCUT2D eigenvalue weighted by Gasteiger charge is -2.08. The molecule has 0 N–H and O–H groups in total. The Morgan fingerprint density at radius 1 is 1.31 bits per heavy atom. The van der Waals surface area contributed by atoms with Gasteiger partial charge in [0.1, 0.15) is 5.75 Å². The summed E-state index contributed by atoms with van der Waals surface area (Å²) in [6, 6.07) is 2.88. The van der Waals surface area contributed by atoms with Gasteiger partial charge in [-0.05, 0) is 37.9 Å². The lowest BCUT2D eigenvalue weighted by Crippen LogP contribution is -2.02. The van der Waals surface area contributed by atoms with Gasteiger partial charge >= 0.3 is 6.61 Å². The summed E-state index contributed by atoms with van der Waals surface area (Å²) in [6.45, 7) is -2.86. The van der Waals surface area contributed by atoms with Crippen molar-refractivity contribution >= 4 is 43.5 Å². The third kappa shape index (κ3) is 3.07. The lowest BCUT2D eigenvalue weighted by molar-refractivity contribution is -0.0503. The molecule has 0 aliphatic carbocycles. The third-order valence-electron chi connectivity index (χ3n) is 1.18. The van der Waals surface area contributed by atoms with Gasteiger partial charge in [-0.25, -0.2) is 0 Å². The number of hydrogen-bond donors (Lipinski definition) is 0. The van der Waals surface area contributed by atoms with Crippen LogP contribution in [0.1, 0.15) is 0 Å². The number of alkyl halides is 2. The predicted molar refractivity (Wildman–Crippen MR) is 53.5 cm³/mol. The molecule has 0 atom stereocenters. The molecule has 0 fully saturated rings. The SMILES string of the molecule is FC(F)Oc1cc(Cl)cc(Br)c1Br. The molecule has 0 aromatic heterocycles. The van der Waals surface area contributed by atoms with Crippen LogP contribution >= 0.6 is 43.5 Å². The van der Waals surface area contributed by atoms with Crippen LogP contribution in [-0.4, -0.2) is 6.61 Å². The Labute approximate surface area is 95.3 Å². The highest BCUT2D eigenvalue weighted by Gasteiger charge is 2.11. The number of ether oxygens (including phenoxy) is 1. The van der Waals surface area contributed by atoms with Crippen LogP contribution in [0.15, 0.2) is 21.1 Å². The number of benzene rings is 1. The second-order valence-corrected chi connectivity index (χ2v) is 4.16. The Kier molecular flexibility index (Phi) is 3.94. The van der Waals surface area contributed by atoms with Gasteiger partial charge in [0, 0.05) is 15.6 Å². The average Bonchev–Trinajstić information content (AvgIpc) is 1.98. The average molecular weight is 336 g/mol. The molecule has 72 valence electrons. The molecule has 0 bridgehead atoms. The monoisotopic (exact) mass is 334 g/mol.